The highest BCUT2D eigenvalue weighted by molar-refractivity contribution is 6.02. The van der Waals surface area contributed by atoms with Gasteiger partial charge < -0.3 is 30.9 Å². The number of hydrogen-bond acceptors (Lipinski definition) is 21. The quantitative estimate of drug-likeness (QED) is 0.0434. The number of pyridine rings is 12. The molecular weight excluding hydrogens is 1380 g/mol. The molecule has 1 aliphatic carbocycles. The third-order valence-corrected chi connectivity index (χ3v) is 18.2. The van der Waals surface area contributed by atoms with Crippen LogP contribution >= 0.6 is 0 Å². The molecule has 0 unspecified atom stereocenters. The van der Waals surface area contributed by atoms with E-state index in [1.54, 1.807) is 130 Å². The highest BCUT2D eigenvalue weighted by Crippen LogP contribution is 2.38. The van der Waals surface area contributed by atoms with Crippen molar-refractivity contribution in [2.45, 2.75) is 47.0 Å². The lowest BCUT2D eigenvalue weighted by Gasteiger charge is -2.09. The van der Waals surface area contributed by atoms with Crippen molar-refractivity contribution in [1.82, 2.24) is 120 Å². The zero-order chi connectivity index (χ0) is 74.1. The standard InChI is InChI=1S/C27H23N9O.C26H19N9O.C26H21N9O/c1-15(2)7-23(37)32-19-8-17(10-29-12-19)18-9-20-25(35-36-26(20)31-11-18)27-33-22-14-30-13-21(24(22)34-27)16-3-5-28-6-4-16;36-26(15-1-2-15)31-18-7-16(9-28-11-18)17-8-19-23(34-35-24(19)30-10-17)25-32-21-13-29-12-20(22(21)33-25)14-3-5-27-6-4-14;1-14(2)26(36)31-18-7-16(9-28-11-18)17-8-19-23(34-35-24(19)30-10-17)25-32-21-13-29-12-20(22(21)33-25)15-3-5-27-6-4-15/h3-6,8-15H,7H2,1-2H3,(H,32,37)(H,33,34)(H,31,35,36);3-13,15H,1-2H2,(H,31,36)(H,32,33)(H,30,34,35);3-14H,1-2H3,(H,31,36)(H,32,33)(H,30,34,35). The van der Waals surface area contributed by atoms with E-state index in [4.69, 9.17) is 15.0 Å². The number of imidazole rings is 3. The van der Waals surface area contributed by atoms with Gasteiger partial charge in [-0.05, 0) is 108 Å². The summed E-state index contributed by atoms with van der Waals surface area (Å²) < 4.78 is 0. The van der Waals surface area contributed by atoms with Gasteiger partial charge in [0, 0.05) is 161 Å². The van der Waals surface area contributed by atoms with Crippen LogP contribution in [0.3, 0.4) is 0 Å². The SMILES string of the molecule is CC(C)C(=O)Nc1cncc(-c2cnc3n[nH]c(-c4nc5c(-c6ccncc6)cncc5[nH]4)c3c2)c1.CC(C)CC(=O)Nc1cncc(-c2cnc3n[nH]c(-c4nc5c(-c6ccncc6)cncc5[nH]4)c3c2)c1.O=C(Nc1cncc(-c2cnc3n[nH]c(-c4nc5c(-c6ccncc6)cncc5[nH]4)c3c2)c1)C1CC1. The molecule has 0 spiro atoms. The highest BCUT2D eigenvalue weighted by atomic mass is 16.2. The van der Waals surface area contributed by atoms with E-state index in [1.807, 2.05) is 100 Å². The molecule has 0 atom stereocenters. The predicted octanol–water partition coefficient (Wildman–Crippen LogP) is 14.0. The number of fused-ring (bicyclic) bond motifs is 6. The Kier molecular flexibility index (Phi) is 17.8. The monoisotopic (exact) mass is 1440 g/mol. The summed E-state index contributed by atoms with van der Waals surface area (Å²) in [4.78, 5) is 113. The van der Waals surface area contributed by atoms with Crippen molar-refractivity contribution >= 4 is 101 Å². The average Bonchev–Trinajstić information content (AvgIpc) is 1.64. The first-order chi connectivity index (χ1) is 53.3. The van der Waals surface area contributed by atoms with Crippen LogP contribution in [0, 0.1) is 17.8 Å². The molecule has 1 saturated carbocycles. The number of nitrogens with zero attached hydrogens (tertiary/aromatic N) is 18. The maximum absolute atomic E-state index is 12.2. The average molecular weight is 1440 g/mol. The molecule has 18 aromatic rings. The Morgan fingerprint density at radius 2 is 0.725 bits per heavy atom. The van der Waals surface area contributed by atoms with Crippen molar-refractivity contribution in [3.63, 3.8) is 0 Å². The van der Waals surface area contributed by atoms with Gasteiger partial charge in [-0.25, -0.2) is 29.9 Å². The Balaban J connectivity index is 0.000000119. The first kappa shape index (κ1) is 67.2. The molecule has 0 bridgehead atoms. The topological polar surface area (TPSA) is 414 Å². The number of aromatic amines is 6. The van der Waals surface area contributed by atoms with Crippen molar-refractivity contribution in [2.24, 2.45) is 17.8 Å². The van der Waals surface area contributed by atoms with Gasteiger partial charge in [0.25, 0.3) is 0 Å². The van der Waals surface area contributed by atoms with Crippen molar-refractivity contribution in [1.29, 1.82) is 0 Å². The Labute approximate surface area is 617 Å². The molecule has 30 nitrogen and oxygen atoms in total. The van der Waals surface area contributed by atoms with E-state index in [0.29, 0.717) is 63.6 Å². The molecule has 0 aromatic carbocycles. The first-order valence-corrected chi connectivity index (χ1v) is 34.9. The second kappa shape index (κ2) is 28.9. The third-order valence-electron chi connectivity index (χ3n) is 18.2. The van der Waals surface area contributed by atoms with Gasteiger partial charge in [0.05, 0.1) is 104 Å². The Bertz CT molecular complexity index is 6190. The molecule has 19 rings (SSSR count). The molecule has 532 valence electrons. The predicted molar refractivity (Wildman–Crippen MR) is 413 cm³/mol. The number of aromatic nitrogens is 24. The van der Waals surface area contributed by atoms with E-state index in [2.05, 4.69) is 121 Å². The maximum Gasteiger partial charge on any atom is 0.227 e. The summed E-state index contributed by atoms with van der Waals surface area (Å²) in [5.41, 5.74) is 21.4. The molecule has 0 radical (unpaired) electrons. The van der Waals surface area contributed by atoms with Crippen LogP contribution in [-0.4, -0.2) is 138 Å². The maximum atomic E-state index is 12.2. The number of anilines is 3. The summed E-state index contributed by atoms with van der Waals surface area (Å²) in [6.45, 7) is 7.71. The minimum Gasteiger partial charge on any atom is -0.335 e. The molecule has 1 fully saturated rings. The number of hydrogen-bond donors (Lipinski definition) is 9. The number of amides is 3. The number of nitrogens with one attached hydrogen (secondary N) is 9. The zero-order valence-corrected chi connectivity index (χ0v) is 58.7. The van der Waals surface area contributed by atoms with Gasteiger partial charge in [-0.1, -0.05) is 27.7 Å². The molecule has 18 heterocycles. The largest absolute Gasteiger partial charge is 0.335 e. The number of carbonyl (C=O) groups is 3. The van der Waals surface area contributed by atoms with Gasteiger partial charge in [0.1, 0.15) is 17.1 Å². The summed E-state index contributed by atoms with van der Waals surface area (Å²) in [6.07, 6.45) is 38.9. The van der Waals surface area contributed by atoms with Gasteiger partial charge in [0.2, 0.25) is 17.7 Å². The van der Waals surface area contributed by atoms with E-state index in [0.717, 1.165) is 140 Å². The molecule has 1 aliphatic rings. The number of H-pyrrole nitrogens is 6. The van der Waals surface area contributed by atoms with Crippen molar-refractivity contribution < 1.29 is 14.4 Å². The lowest BCUT2D eigenvalue weighted by molar-refractivity contribution is -0.119. The molecule has 0 saturated heterocycles. The molecule has 109 heavy (non-hydrogen) atoms. The minimum absolute atomic E-state index is 0.0369. The molecule has 30 heteroatoms. The van der Waals surface area contributed by atoms with E-state index in [1.165, 1.54) is 0 Å². The summed E-state index contributed by atoms with van der Waals surface area (Å²) in [5.74, 6) is 2.12. The van der Waals surface area contributed by atoms with Crippen LogP contribution in [0.1, 0.15) is 47.0 Å². The van der Waals surface area contributed by atoms with Crippen LogP contribution < -0.4 is 16.0 Å². The molecule has 0 aliphatic heterocycles. The van der Waals surface area contributed by atoms with Gasteiger partial charge in [-0.3, -0.25) is 74.5 Å². The normalized spacial score (nSPS) is 12.1. The van der Waals surface area contributed by atoms with E-state index >= 15 is 0 Å². The first-order valence-electron chi connectivity index (χ1n) is 34.9. The summed E-state index contributed by atoms with van der Waals surface area (Å²) in [7, 11) is 0. The van der Waals surface area contributed by atoms with E-state index < -0.39 is 0 Å². The molecule has 18 aromatic heterocycles. The van der Waals surface area contributed by atoms with Crippen LogP contribution in [-0.2, 0) is 14.4 Å². The number of carbonyl (C=O) groups excluding carboxylic acids is 3. The summed E-state index contributed by atoms with van der Waals surface area (Å²) in [6, 6.07) is 23.2. The van der Waals surface area contributed by atoms with Gasteiger partial charge in [-0.15, -0.1) is 0 Å². The second-order valence-corrected chi connectivity index (χ2v) is 26.7. The molecular formula is C79H63N27O3. The Hall–Kier alpha value is -15.0. The number of rotatable bonds is 16. The lowest BCUT2D eigenvalue weighted by Crippen LogP contribution is -2.17. The minimum atomic E-state index is -0.127. The van der Waals surface area contributed by atoms with Crippen LogP contribution in [0.15, 0.2) is 203 Å². The van der Waals surface area contributed by atoms with Crippen molar-refractivity contribution in [3.05, 3.63) is 203 Å². The Morgan fingerprint density at radius 1 is 0.385 bits per heavy atom. The summed E-state index contributed by atoms with van der Waals surface area (Å²) >= 11 is 0. The molecule has 9 N–H and O–H groups in total. The fourth-order valence-electron chi connectivity index (χ4n) is 12.6. The fourth-order valence-corrected chi connectivity index (χ4v) is 12.6. The molecule has 3 amide bonds. The Morgan fingerprint density at radius 3 is 1.07 bits per heavy atom. The van der Waals surface area contributed by atoms with Crippen LogP contribution in [0.4, 0.5) is 17.1 Å². The fraction of sp³-hybridized carbons (Fsp3) is 0.127. The van der Waals surface area contributed by atoms with Crippen molar-refractivity contribution in [2.75, 3.05) is 16.0 Å². The van der Waals surface area contributed by atoms with Gasteiger partial charge in [-0.2, -0.15) is 15.3 Å². The van der Waals surface area contributed by atoms with Crippen LogP contribution in [0.2, 0.25) is 0 Å². The third kappa shape index (κ3) is 14.1. The van der Waals surface area contributed by atoms with E-state index in [-0.39, 0.29) is 35.5 Å². The van der Waals surface area contributed by atoms with Crippen molar-refractivity contribution in [3.8, 4) is 101 Å². The van der Waals surface area contributed by atoms with Crippen LogP contribution in [0.5, 0.6) is 0 Å². The van der Waals surface area contributed by atoms with Gasteiger partial charge >= 0.3 is 0 Å². The van der Waals surface area contributed by atoms with Gasteiger partial charge in [0.15, 0.2) is 34.4 Å². The summed E-state index contributed by atoms with van der Waals surface area (Å²) in [5, 5.41) is 33.5. The lowest BCUT2D eigenvalue weighted by atomic mass is 10.1. The zero-order valence-electron chi connectivity index (χ0n) is 58.7. The smallest absolute Gasteiger partial charge is 0.227 e. The van der Waals surface area contributed by atoms with Crippen LogP contribution in [0.25, 0.3) is 168 Å². The van der Waals surface area contributed by atoms with E-state index in [9.17, 15) is 14.4 Å². The second-order valence-electron chi connectivity index (χ2n) is 26.7. The highest BCUT2D eigenvalue weighted by Gasteiger charge is 2.30.